The van der Waals surface area contributed by atoms with Crippen molar-refractivity contribution in [2.24, 2.45) is 16.8 Å². The van der Waals surface area contributed by atoms with E-state index in [1.54, 1.807) is 26.6 Å². The van der Waals surface area contributed by atoms with Gasteiger partial charge in [0.2, 0.25) is 18.2 Å². The number of H-pyrrole nitrogens is 1. The molecule has 4 N–H and O–H groups in total. The maximum atomic E-state index is 13.8. The molecular formula is C48H63N9O7. The van der Waals surface area contributed by atoms with Gasteiger partial charge in [0.05, 0.1) is 30.7 Å². The Labute approximate surface area is 375 Å². The fraction of sp³-hybridized carbons (Fsp3) is 0.521. The number of alkyl carbamates (subject to hydrolysis) is 1. The number of likely N-dealkylation sites (tertiary alicyclic amines) is 2. The van der Waals surface area contributed by atoms with Crippen LogP contribution in [0.2, 0.25) is 0 Å². The lowest BCUT2D eigenvalue weighted by Gasteiger charge is -2.31. The van der Waals surface area contributed by atoms with Gasteiger partial charge in [-0.1, -0.05) is 39.8 Å². The number of benzene rings is 2. The molecule has 0 spiro atoms. The monoisotopic (exact) mass is 877 g/mol. The number of ether oxygens (including phenoxy) is 2. The lowest BCUT2D eigenvalue weighted by molar-refractivity contribution is -0.137. The summed E-state index contributed by atoms with van der Waals surface area (Å²) < 4.78 is 15.3. The van der Waals surface area contributed by atoms with Crippen LogP contribution < -0.4 is 16.0 Å². The van der Waals surface area contributed by atoms with Crippen molar-refractivity contribution in [3.8, 4) is 22.4 Å². The Hall–Kier alpha value is -6.03. The highest BCUT2D eigenvalue weighted by molar-refractivity contribution is 6.00. The van der Waals surface area contributed by atoms with E-state index >= 15 is 0 Å². The number of fused-ring (bicyclic) bond motifs is 6. The molecule has 4 heterocycles. The number of nitrogens with one attached hydrogen (secondary N) is 4. The Morgan fingerprint density at radius 2 is 1.58 bits per heavy atom. The van der Waals surface area contributed by atoms with E-state index in [2.05, 4.69) is 61.6 Å². The first-order valence-electron chi connectivity index (χ1n) is 22.5. The Morgan fingerprint density at radius 1 is 0.906 bits per heavy atom. The molecule has 6 unspecified atom stereocenters. The molecule has 2 aliphatic carbocycles. The molecule has 2 saturated heterocycles. The van der Waals surface area contributed by atoms with E-state index in [-0.39, 0.29) is 35.7 Å². The topological polar surface area (TPSA) is 196 Å². The third-order valence-electron chi connectivity index (χ3n) is 13.3. The molecule has 16 heteroatoms. The first-order valence-corrected chi connectivity index (χ1v) is 22.5. The molecule has 4 aromatic rings. The highest BCUT2D eigenvalue weighted by Crippen LogP contribution is 2.58. The highest BCUT2D eigenvalue weighted by atomic mass is 16.5. The highest BCUT2D eigenvalue weighted by Gasteiger charge is 2.42. The molecule has 8 rings (SSSR count). The summed E-state index contributed by atoms with van der Waals surface area (Å²) in [6, 6.07) is 6.98. The number of hydrogen-bond acceptors (Lipinski definition) is 11. The number of rotatable bonds is 15. The van der Waals surface area contributed by atoms with Crippen LogP contribution in [-0.2, 0) is 23.9 Å². The minimum atomic E-state index is -0.678. The fourth-order valence-corrected chi connectivity index (χ4v) is 10.4. The number of oxazole rings is 1. The van der Waals surface area contributed by atoms with E-state index in [0.29, 0.717) is 49.3 Å². The molecule has 16 nitrogen and oxygen atoms in total. The van der Waals surface area contributed by atoms with E-state index < -0.39 is 18.2 Å². The van der Waals surface area contributed by atoms with E-state index in [1.165, 1.54) is 24.6 Å². The summed E-state index contributed by atoms with van der Waals surface area (Å²) in [6.45, 7) is 13.3. The number of nitrogens with zero attached hydrogens (tertiary/aromatic N) is 5. The van der Waals surface area contributed by atoms with Gasteiger partial charge in [0, 0.05) is 62.8 Å². The molecule has 4 aliphatic rings. The van der Waals surface area contributed by atoms with Crippen LogP contribution in [0, 0.1) is 11.8 Å². The van der Waals surface area contributed by atoms with Gasteiger partial charge in [0.15, 0.2) is 12.0 Å². The largest absolute Gasteiger partial charge is 0.453 e. The average Bonchev–Trinajstić information content (AvgIpc) is 4.15. The summed E-state index contributed by atoms with van der Waals surface area (Å²) in [5, 5.41) is 9.12. The van der Waals surface area contributed by atoms with Gasteiger partial charge in [-0.25, -0.2) is 14.8 Å². The Bertz CT molecular complexity index is 2370. The number of hydrogen-bond donors (Lipinski definition) is 4. The van der Waals surface area contributed by atoms with E-state index in [0.717, 1.165) is 84.1 Å². The Kier molecular flexibility index (Phi) is 14.5. The number of methoxy groups -OCH3 is 2. The number of carbonyl (C=O) groups is 4. The molecule has 3 fully saturated rings. The van der Waals surface area contributed by atoms with Crippen LogP contribution in [0.1, 0.15) is 113 Å². The maximum absolute atomic E-state index is 13.8. The number of aromatic amines is 1. The van der Waals surface area contributed by atoms with Gasteiger partial charge in [-0.15, -0.1) is 0 Å². The van der Waals surface area contributed by atoms with Gasteiger partial charge >= 0.3 is 6.09 Å². The second kappa shape index (κ2) is 20.2. The van der Waals surface area contributed by atoms with Crippen LogP contribution in [0.15, 0.2) is 52.5 Å². The Morgan fingerprint density at radius 3 is 2.28 bits per heavy atom. The Balaban J connectivity index is 0.00000199. The van der Waals surface area contributed by atoms with Crippen molar-refractivity contribution in [2.75, 3.05) is 41.0 Å². The quantitative estimate of drug-likeness (QED) is 0.0720. The molecule has 342 valence electrons. The summed E-state index contributed by atoms with van der Waals surface area (Å²) in [6.07, 6.45) is 11.7. The van der Waals surface area contributed by atoms with Crippen LogP contribution in [0.3, 0.4) is 0 Å². The minimum absolute atomic E-state index is 0.0495. The van der Waals surface area contributed by atoms with Crippen molar-refractivity contribution < 1.29 is 33.1 Å². The predicted octanol–water partition coefficient (Wildman–Crippen LogP) is 6.91. The van der Waals surface area contributed by atoms with Gasteiger partial charge in [-0.2, -0.15) is 0 Å². The van der Waals surface area contributed by atoms with Gasteiger partial charge in [0.1, 0.15) is 23.4 Å². The van der Waals surface area contributed by atoms with Crippen molar-refractivity contribution in [2.45, 2.75) is 109 Å². The summed E-state index contributed by atoms with van der Waals surface area (Å²) >= 11 is 0. The molecular weight excluding hydrogens is 815 g/mol. The summed E-state index contributed by atoms with van der Waals surface area (Å²) in [4.78, 5) is 71.7. The molecule has 2 aromatic carbocycles. The van der Waals surface area contributed by atoms with Gasteiger partial charge in [-0.05, 0) is 104 Å². The first kappa shape index (κ1) is 46.0. The van der Waals surface area contributed by atoms with Gasteiger partial charge in [-0.3, -0.25) is 19.4 Å². The van der Waals surface area contributed by atoms with Crippen LogP contribution in [-0.4, -0.2) is 115 Å². The number of carbonyl (C=O) groups excluding carboxylic acids is 4. The van der Waals surface area contributed by atoms with E-state index in [9.17, 15) is 19.2 Å². The lowest BCUT2D eigenvalue weighted by Crippen LogP contribution is -2.53. The number of imidazole rings is 1. The summed E-state index contributed by atoms with van der Waals surface area (Å²) in [5.41, 5.74) is 9.78. The van der Waals surface area contributed by atoms with Gasteiger partial charge in [0.25, 0.3) is 0 Å². The molecule has 0 radical (unpaired) electrons. The first-order chi connectivity index (χ1) is 30.9. The van der Waals surface area contributed by atoms with Crippen LogP contribution in [0.25, 0.3) is 39.2 Å². The molecule has 2 aromatic heterocycles. The lowest BCUT2D eigenvalue weighted by atomic mass is 9.82. The zero-order valence-corrected chi connectivity index (χ0v) is 38.1. The third-order valence-corrected chi connectivity index (χ3v) is 13.3. The van der Waals surface area contributed by atoms with Gasteiger partial charge < -0.3 is 44.6 Å². The zero-order valence-electron chi connectivity index (χ0n) is 38.1. The van der Waals surface area contributed by atoms with Crippen molar-refractivity contribution in [1.29, 1.82) is 0 Å². The van der Waals surface area contributed by atoms with Crippen LogP contribution in [0.5, 0.6) is 0 Å². The van der Waals surface area contributed by atoms with Crippen molar-refractivity contribution in [3.05, 3.63) is 65.6 Å². The molecule has 4 amide bonds. The predicted molar refractivity (Wildman–Crippen MR) is 245 cm³/mol. The number of aliphatic imine (C=N–C) groups is 1. The van der Waals surface area contributed by atoms with Crippen LogP contribution >= 0.6 is 0 Å². The molecule has 2 aliphatic heterocycles. The normalized spacial score (nSPS) is 21.1. The van der Waals surface area contributed by atoms with Crippen molar-refractivity contribution in [3.63, 3.8) is 0 Å². The standard InChI is InChI=1S/C46H57N9O6.C2H6O/c1-25(2)39(50-23-56)44(57)55-18-8-10-36(55)43-49-22-35(52-43)33-16-14-31(42-41(33)51-24-61-42)30-13-15-32(38-28-12-11-27(19-28)37(30)38)34(21-47-5)48-20-29-9-7-17-54(29)45(58)40(26(3)4)53-46(59)60-6;1-3-2/h13-16,21-29,36,39-40,48H,5,7-12,17-20H2,1-4,6H3,(H,49,52)(H,50,56)(H,53,59);1-2H3/b34-21-;. The number of amides is 4. The van der Waals surface area contributed by atoms with Crippen molar-refractivity contribution in [1.82, 2.24) is 40.7 Å². The second-order valence-electron chi connectivity index (χ2n) is 18.0. The molecule has 2 bridgehead atoms. The summed E-state index contributed by atoms with van der Waals surface area (Å²) in [7, 11) is 4.55. The average molecular weight is 878 g/mol. The van der Waals surface area contributed by atoms with Crippen molar-refractivity contribution >= 4 is 47.8 Å². The molecule has 1 saturated carbocycles. The maximum Gasteiger partial charge on any atom is 0.407 e. The second-order valence-corrected chi connectivity index (χ2v) is 18.0. The SMILES string of the molecule is C=N/C=C(\NCC1CCCN1C(=O)C(NC(=O)OC)C(C)C)c1ccc(-c2ccc(-c3cnc(C4CCCN4C(=O)C(NC=O)C(C)C)[nH]3)c3ncoc23)c2c1C1CCC2C1.COC. The fourth-order valence-electron chi connectivity index (χ4n) is 10.4. The molecule has 6 atom stereocenters. The van der Waals surface area contributed by atoms with Crippen LogP contribution in [0.4, 0.5) is 4.79 Å². The third kappa shape index (κ3) is 9.01. The van der Waals surface area contributed by atoms with E-state index in [4.69, 9.17) is 19.1 Å². The smallest absolute Gasteiger partial charge is 0.407 e. The van der Waals surface area contributed by atoms with E-state index in [1.807, 2.05) is 37.5 Å². The molecule has 64 heavy (non-hydrogen) atoms. The minimum Gasteiger partial charge on any atom is -0.453 e. The summed E-state index contributed by atoms with van der Waals surface area (Å²) in [5.74, 6) is 1.16. The zero-order chi connectivity index (χ0) is 45.7. The number of aromatic nitrogens is 3.